The molecule has 1 saturated heterocycles. The molecule has 1 heterocycles. The molecule has 1 fully saturated rings. The number of piperidine rings is 1. The summed E-state index contributed by atoms with van der Waals surface area (Å²) in [7, 11) is 0. The molecule has 1 aliphatic heterocycles. The van der Waals surface area contributed by atoms with Gasteiger partial charge in [-0.2, -0.15) is 0 Å². The van der Waals surface area contributed by atoms with Crippen LogP contribution in [-0.4, -0.2) is 43.3 Å². The van der Waals surface area contributed by atoms with E-state index < -0.39 is 0 Å². The van der Waals surface area contributed by atoms with Gasteiger partial charge in [0.15, 0.2) is 0 Å². The molecule has 0 aromatic carbocycles. The van der Waals surface area contributed by atoms with Crippen molar-refractivity contribution in [2.45, 2.75) is 26.2 Å². The van der Waals surface area contributed by atoms with Crippen LogP contribution in [0.25, 0.3) is 0 Å². The summed E-state index contributed by atoms with van der Waals surface area (Å²) < 4.78 is 0. The third-order valence-corrected chi connectivity index (χ3v) is 2.85. The van der Waals surface area contributed by atoms with Crippen molar-refractivity contribution in [2.24, 2.45) is 5.92 Å². The van der Waals surface area contributed by atoms with Crippen molar-refractivity contribution in [3.8, 4) is 0 Å². The molecule has 1 amide bonds. The Hall–Kier alpha value is -0.900. The Morgan fingerprint density at radius 1 is 1.47 bits per heavy atom. The predicted molar refractivity (Wildman–Crippen MR) is 58.5 cm³/mol. The maximum Gasteiger partial charge on any atom is 0.221 e. The Balaban J connectivity index is 2.13. The van der Waals surface area contributed by atoms with Crippen LogP contribution in [0, 0.1) is 5.92 Å². The topological polar surface area (TPSA) is 49.4 Å². The summed E-state index contributed by atoms with van der Waals surface area (Å²) in [5.41, 5.74) is 0. The first-order chi connectivity index (χ1) is 7.26. The van der Waals surface area contributed by atoms with Crippen molar-refractivity contribution >= 4 is 12.2 Å². The second-order valence-corrected chi connectivity index (χ2v) is 4.02. The normalized spacial score (nSPS) is 18.7. The average molecular weight is 212 g/mol. The van der Waals surface area contributed by atoms with E-state index in [9.17, 15) is 9.59 Å². The maximum absolute atomic E-state index is 11.2. The molecule has 1 aliphatic rings. The minimum Gasteiger partial charge on any atom is -0.356 e. The Morgan fingerprint density at radius 3 is 2.67 bits per heavy atom. The molecule has 15 heavy (non-hydrogen) atoms. The van der Waals surface area contributed by atoms with Crippen LogP contribution >= 0.6 is 0 Å². The number of hydrogen-bond acceptors (Lipinski definition) is 3. The number of hydrogen-bond donors (Lipinski definition) is 1. The first-order valence-electron chi connectivity index (χ1n) is 5.70. The summed E-state index contributed by atoms with van der Waals surface area (Å²) in [5.74, 6) is 0.362. The van der Waals surface area contributed by atoms with E-state index in [1.165, 1.54) is 0 Å². The van der Waals surface area contributed by atoms with Gasteiger partial charge in [-0.05, 0) is 32.9 Å². The zero-order chi connectivity index (χ0) is 11.1. The Morgan fingerprint density at radius 2 is 2.13 bits per heavy atom. The van der Waals surface area contributed by atoms with E-state index >= 15 is 0 Å². The van der Waals surface area contributed by atoms with Crippen LogP contribution in [0.1, 0.15) is 26.2 Å². The van der Waals surface area contributed by atoms with Crippen molar-refractivity contribution in [3.63, 3.8) is 0 Å². The molecule has 4 heteroatoms. The minimum absolute atomic E-state index is 0.120. The Bertz CT molecular complexity index is 211. The summed E-state index contributed by atoms with van der Waals surface area (Å²) in [5, 5.41) is 2.78. The minimum atomic E-state index is 0.120. The van der Waals surface area contributed by atoms with Gasteiger partial charge in [-0.15, -0.1) is 0 Å². The van der Waals surface area contributed by atoms with Crippen molar-refractivity contribution in [1.82, 2.24) is 10.2 Å². The lowest BCUT2D eigenvalue weighted by Crippen LogP contribution is -2.37. The van der Waals surface area contributed by atoms with Gasteiger partial charge < -0.3 is 15.0 Å². The Kier molecular flexibility index (Phi) is 5.32. The fourth-order valence-corrected chi connectivity index (χ4v) is 1.86. The number of rotatable bonds is 5. The molecule has 0 aromatic rings. The second kappa shape index (κ2) is 6.56. The number of carbonyl (C=O) groups excluding carboxylic acids is 2. The van der Waals surface area contributed by atoms with Crippen molar-refractivity contribution < 1.29 is 9.59 Å². The molecule has 0 aliphatic carbocycles. The predicted octanol–water partition coefficient (Wildman–Crippen LogP) is 0.424. The van der Waals surface area contributed by atoms with E-state index in [4.69, 9.17) is 0 Å². The van der Waals surface area contributed by atoms with Crippen molar-refractivity contribution in [2.75, 3.05) is 26.2 Å². The fourth-order valence-electron chi connectivity index (χ4n) is 1.86. The molecule has 0 bridgehead atoms. The molecular weight excluding hydrogens is 192 g/mol. The standard InChI is InChI=1S/C11H20N2O2/c1-2-12-11(15)5-8-13-6-3-10(9-14)4-7-13/h9-10H,2-8H2,1H3,(H,12,15). The number of aldehydes is 1. The second-order valence-electron chi connectivity index (χ2n) is 4.02. The summed E-state index contributed by atoms with van der Waals surface area (Å²) in [4.78, 5) is 24.0. The lowest BCUT2D eigenvalue weighted by atomic mass is 9.98. The van der Waals surface area contributed by atoms with Gasteiger partial charge in [-0.1, -0.05) is 0 Å². The van der Waals surface area contributed by atoms with Gasteiger partial charge in [0.05, 0.1) is 0 Å². The Labute approximate surface area is 91.0 Å². The van der Waals surface area contributed by atoms with Gasteiger partial charge in [0.25, 0.3) is 0 Å². The molecule has 0 unspecified atom stereocenters. The first-order valence-corrected chi connectivity index (χ1v) is 5.70. The lowest BCUT2D eigenvalue weighted by molar-refractivity contribution is -0.121. The molecule has 0 spiro atoms. The smallest absolute Gasteiger partial charge is 0.221 e. The molecule has 0 saturated carbocycles. The van der Waals surface area contributed by atoms with Crippen LogP contribution in [0.5, 0.6) is 0 Å². The van der Waals surface area contributed by atoms with Crippen molar-refractivity contribution in [3.05, 3.63) is 0 Å². The van der Waals surface area contributed by atoms with Crippen LogP contribution < -0.4 is 5.32 Å². The monoisotopic (exact) mass is 212 g/mol. The number of nitrogens with one attached hydrogen (secondary N) is 1. The van der Waals surface area contributed by atoms with Crippen LogP contribution in [0.2, 0.25) is 0 Å². The van der Waals surface area contributed by atoms with Crippen molar-refractivity contribution in [1.29, 1.82) is 0 Å². The molecule has 0 atom stereocenters. The highest BCUT2D eigenvalue weighted by Crippen LogP contribution is 2.14. The molecule has 4 nitrogen and oxygen atoms in total. The SMILES string of the molecule is CCNC(=O)CCN1CCC(C=O)CC1. The van der Waals surface area contributed by atoms with Gasteiger partial charge in [-0.3, -0.25) is 4.79 Å². The van der Waals surface area contributed by atoms with Gasteiger partial charge >= 0.3 is 0 Å². The number of nitrogens with zero attached hydrogens (tertiary/aromatic N) is 1. The van der Waals surface area contributed by atoms with E-state index in [2.05, 4.69) is 10.2 Å². The van der Waals surface area contributed by atoms with Crippen LogP contribution in [-0.2, 0) is 9.59 Å². The number of carbonyl (C=O) groups is 2. The van der Waals surface area contributed by atoms with Gasteiger partial charge in [0.1, 0.15) is 6.29 Å². The van der Waals surface area contributed by atoms with Crippen LogP contribution in [0.3, 0.4) is 0 Å². The van der Waals surface area contributed by atoms with Gasteiger partial charge in [0, 0.05) is 25.4 Å². The quantitative estimate of drug-likeness (QED) is 0.672. The fraction of sp³-hybridized carbons (Fsp3) is 0.818. The summed E-state index contributed by atoms with van der Waals surface area (Å²) in [6.45, 7) is 5.34. The van der Waals surface area contributed by atoms with E-state index in [1.807, 2.05) is 6.92 Å². The molecular formula is C11H20N2O2. The molecule has 0 radical (unpaired) electrons. The summed E-state index contributed by atoms with van der Waals surface area (Å²) in [6, 6.07) is 0. The van der Waals surface area contributed by atoms with Crippen LogP contribution in [0.4, 0.5) is 0 Å². The highest BCUT2D eigenvalue weighted by molar-refractivity contribution is 5.75. The third kappa shape index (κ3) is 4.42. The zero-order valence-corrected chi connectivity index (χ0v) is 9.37. The first kappa shape index (κ1) is 12.2. The summed E-state index contributed by atoms with van der Waals surface area (Å²) >= 11 is 0. The van der Waals surface area contributed by atoms with E-state index in [0.29, 0.717) is 13.0 Å². The number of amides is 1. The summed E-state index contributed by atoms with van der Waals surface area (Å²) in [6.07, 6.45) is 3.51. The zero-order valence-electron chi connectivity index (χ0n) is 9.37. The average Bonchev–Trinajstić information content (AvgIpc) is 2.27. The van der Waals surface area contributed by atoms with E-state index in [-0.39, 0.29) is 11.8 Å². The molecule has 1 rings (SSSR count). The third-order valence-electron chi connectivity index (χ3n) is 2.85. The highest BCUT2D eigenvalue weighted by atomic mass is 16.1. The molecule has 0 aromatic heterocycles. The largest absolute Gasteiger partial charge is 0.356 e. The van der Waals surface area contributed by atoms with Crippen LogP contribution in [0.15, 0.2) is 0 Å². The maximum atomic E-state index is 11.2. The van der Waals surface area contributed by atoms with Gasteiger partial charge in [-0.25, -0.2) is 0 Å². The highest BCUT2D eigenvalue weighted by Gasteiger charge is 2.18. The molecule has 86 valence electrons. The molecule has 1 N–H and O–H groups in total. The van der Waals surface area contributed by atoms with Gasteiger partial charge in [0.2, 0.25) is 5.91 Å². The lowest BCUT2D eigenvalue weighted by Gasteiger charge is -2.29. The van der Waals surface area contributed by atoms with E-state index in [1.54, 1.807) is 0 Å². The number of likely N-dealkylation sites (tertiary alicyclic amines) is 1. The van der Waals surface area contributed by atoms with E-state index in [0.717, 1.165) is 38.8 Å².